The lowest BCUT2D eigenvalue weighted by Gasteiger charge is -2.37. The fourth-order valence-electron chi connectivity index (χ4n) is 5.40. The van der Waals surface area contributed by atoms with Crippen molar-refractivity contribution in [3.8, 4) is 0 Å². The zero-order valence-electron chi connectivity index (χ0n) is 17.2. The minimum atomic E-state index is -0.817. The lowest BCUT2D eigenvalue weighted by molar-refractivity contribution is -0.142. The number of likely N-dealkylation sites (tertiary alicyclic amines) is 1. The molecular formula is C21H25BrClN3O4S. The molecule has 10 heteroatoms. The summed E-state index contributed by atoms with van der Waals surface area (Å²) in [6.07, 6.45) is 1.09. The molecule has 0 saturated carbocycles. The fourth-order valence-corrected chi connectivity index (χ4v) is 9.19. The van der Waals surface area contributed by atoms with Crippen molar-refractivity contribution < 1.29 is 19.5 Å². The molecule has 168 valence electrons. The lowest BCUT2D eigenvalue weighted by atomic mass is 9.70. The summed E-state index contributed by atoms with van der Waals surface area (Å²) in [7, 11) is 1.57. The molecular weight excluding hydrogens is 506 g/mol. The van der Waals surface area contributed by atoms with E-state index >= 15 is 0 Å². The molecule has 3 heterocycles. The predicted octanol–water partition coefficient (Wildman–Crippen LogP) is 2.26. The average molecular weight is 531 g/mol. The quantitative estimate of drug-likeness (QED) is 0.490. The number of amides is 3. The zero-order chi connectivity index (χ0) is 22.5. The monoisotopic (exact) mass is 529 g/mol. The highest BCUT2D eigenvalue weighted by atomic mass is 79.9. The number of aliphatic hydroxyl groups is 1. The van der Waals surface area contributed by atoms with Gasteiger partial charge in [0.05, 0.1) is 39.9 Å². The average Bonchev–Trinajstić information content (AvgIpc) is 3.34. The molecule has 3 amide bonds. The number of halogens is 2. The van der Waals surface area contributed by atoms with Crippen molar-refractivity contribution in [1.82, 2.24) is 10.2 Å². The van der Waals surface area contributed by atoms with Gasteiger partial charge < -0.3 is 20.6 Å². The number of hydrogen-bond donors (Lipinski definition) is 3. The fraction of sp³-hybridized carbons (Fsp3) is 0.571. The van der Waals surface area contributed by atoms with Crippen LogP contribution in [0.5, 0.6) is 0 Å². The first-order valence-corrected chi connectivity index (χ1v) is 12.5. The van der Waals surface area contributed by atoms with Gasteiger partial charge in [-0.1, -0.05) is 46.6 Å². The molecule has 3 N–H and O–H groups in total. The summed E-state index contributed by atoms with van der Waals surface area (Å²) in [5, 5.41) is 15.9. The number of rotatable bonds is 6. The van der Waals surface area contributed by atoms with Crippen LogP contribution in [0.2, 0.25) is 5.02 Å². The summed E-state index contributed by atoms with van der Waals surface area (Å²) in [5.41, 5.74) is 0.467. The van der Waals surface area contributed by atoms with Gasteiger partial charge in [0.15, 0.2) is 0 Å². The summed E-state index contributed by atoms with van der Waals surface area (Å²) in [6, 6.07) is 5.62. The molecule has 1 aromatic carbocycles. The number of carbonyl (C=O) groups excluding carboxylic acids is 3. The van der Waals surface area contributed by atoms with Crippen LogP contribution in [0.3, 0.4) is 0 Å². The molecule has 3 unspecified atom stereocenters. The maximum Gasteiger partial charge on any atom is 0.248 e. The number of benzene rings is 1. The summed E-state index contributed by atoms with van der Waals surface area (Å²) in [5.74, 6) is -1.91. The Morgan fingerprint density at radius 3 is 2.71 bits per heavy atom. The van der Waals surface area contributed by atoms with E-state index in [-0.39, 0.29) is 34.4 Å². The number of carbonyl (C=O) groups is 3. The van der Waals surface area contributed by atoms with Gasteiger partial charge in [-0.3, -0.25) is 14.4 Å². The van der Waals surface area contributed by atoms with Crippen LogP contribution >= 0.6 is 39.3 Å². The molecule has 2 bridgehead atoms. The van der Waals surface area contributed by atoms with Gasteiger partial charge in [-0.15, -0.1) is 11.8 Å². The van der Waals surface area contributed by atoms with Crippen LogP contribution in [0.25, 0.3) is 0 Å². The molecule has 0 aromatic heterocycles. The molecule has 1 spiro atoms. The largest absolute Gasteiger partial charge is 0.394 e. The zero-order valence-corrected chi connectivity index (χ0v) is 20.3. The molecule has 4 rings (SSSR count). The summed E-state index contributed by atoms with van der Waals surface area (Å²) in [6.45, 7) is 1.62. The SMILES string of the molecule is CC[C@@H](CO)N1C(=O)[C@@H]2[C@@H](C(=O)NC)[C@@H]3SC2(CC3Br)C1C(=O)Nc1ccccc1Cl. The van der Waals surface area contributed by atoms with E-state index < -0.39 is 28.7 Å². The third-order valence-corrected chi connectivity index (χ3v) is 10.3. The van der Waals surface area contributed by atoms with Crippen LogP contribution in [0, 0.1) is 11.8 Å². The predicted molar refractivity (Wildman–Crippen MR) is 124 cm³/mol. The number of nitrogens with zero attached hydrogens (tertiary/aromatic N) is 1. The number of aliphatic hydroxyl groups excluding tert-OH is 1. The normalized spacial score (nSPS) is 34.5. The molecule has 7 atom stereocenters. The first kappa shape index (κ1) is 22.9. The summed E-state index contributed by atoms with van der Waals surface area (Å²) >= 11 is 11.5. The molecule has 3 aliphatic heterocycles. The molecule has 0 radical (unpaired) electrons. The van der Waals surface area contributed by atoms with Gasteiger partial charge in [-0.05, 0) is 25.0 Å². The minimum Gasteiger partial charge on any atom is -0.394 e. The molecule has 3 aliphatic rings. The van der Waals surface area contributed by atoms with E-state index in [0.29, 0.717) is 23.6 Å². The standard InChI is InChI=1S/C21H25BrClN3O4S/c1-3-10(9-27)26-17(19(29)25-13-7-5-4-6-12(13)23)21-8-11(22)16(31-21)14(18(28)24-2)15(21)20(26)30/h4-7,10-11,14-17,27H,3,8-9H2,1-2H3,(H,24,28)(H,25,29)/t10-,11?,14+,15-,16+,17?,21?/m0/s1. The highest BCUT2D eigenvalue weighted by molar-refractivity contribution is 9.09. The highest BCUT2D eigenvalue weighted by Crippen LogP contribution is 2.68. The molecule has 0 aliphatic carbocycles. The van der Waals surface area contributed by atoms with Gasteiger partial charge in [0, 0.05) is 17.1 Å². The van der Waals surface area contributed by atoms with Crippen molar-refractivity contribution in [2.24, 2.45) is 11.8 Å². The third kappa shape index (κ3) is 3.39. The van der Waals surface area contributed by atoms with Crippen LogP contribution < -0.4 is 10.6 Å². The number of thioether (sulfide) groups is 1. The van der Waals surface area contributed by atoms with E-state index in [4.69, 9.17) is 11.6 Å². The number of fused-ring (bicyclic) bond motifs is 1. The molecule has 3 saturated heterocycles. The first-order chi connectivity index (χ1) is 14.8. The summed E-state index contributed by atoms with van der Waals surface area (Å²) < 4.78 is -0.749. The lowest BCUT2D eigenvalue weighted by Crippen LogP contribution is -2.55. The molecule has 7 nitrogen and oxygen atoms in total. The van der Waals surface area contributed by atoms with Crippen LogP contribution in [-0.2, 0) is 14.4 Å². The number of nitrogens with one attached hydrogen (secondary N) is 2. The van der Waals surface area contributed by atoms with E-state index in [1.165, 1.54) is 4.90 Å². The molecule has 1 aromatic rings. The second-order valence-electron chi connectivity index (χ2n) is 8.24. The van der Waals surface area contributed by atoms with Crippen LogP contribution in [0.1, 0.15) is 19.8 Å². The van der Waals surface area contributed by atoms with E-state index in [0.717, 1.165) is 0 Å². The Morgan fingerprint density at radius 2 is 2.10 bits per heavy atom. The number of anilines is 1. The molecule has 31 heavy (non-hydrogen) atoms. The second-order valence-corrected chi connectivity index (χ2v) is 11.4. The van der Waals surface area contributed by atoms with Gasteiger partial charge in [0.1, 0.15) is 6.04 Å². The van der Waals surface area contributed by atoms with Crippen molar-refractivity contribution >= 4 is 62.7 Å². The van der Waals surface area contributed by atoms with Gasteiger partial charge in [0.25, 0.3) is 0 Å². The first-order valence-electron chi connectivity index (χ1n) is 10.3. The third-order valence-electron chi connectivity index (χ3n) is 6.73. The van der Waals surface area contributed by atoms with Crippen LogP contribution in [0.4, 0.5) is 5.69 Å². The van der Waals surface area contributed by atoms with Crippen LogP contribution in [0.15, 0.2) is 24.3 Å². The molecule has 3 fully saturated rings. The van der Waals surface area contributed by atoms with Crippen LogP contribution in [-0.4, -0.2) is 68.3 Å². The Morgan fingerprint density at radius 1 is 1.39 bits per heavy atom. The van der Waals surface area contributed by atoms with Crippen molar-refractivity contribution in [2.45, 2.75) is 46.7 Å². The number of alkyl halides is 1. The van der Waals surface area contributed by atoms with Gasteiger partial charge in [0.2, 0.25) is 17.7 Å². The maximum absolute atomic E-state index is 13.7. The number of hydrogen-bond acceptors (Lipinski definition) is 5. The van der Waals surface area contributed by atoms with E-state index in [2.05, 4.69) is 26.6 Å². The van der Waals surface area contributed by atoms with Gasteiger partial charge in [-0.2, -0.15) is 0 Å². The van der Waals surface area contributed by atoms with Crippen molar-refractivity contribution in [1.29, 1.82) is 0 Å². The van der Waals surface area contributed by atoms with E-state index in [1.807, 2.05) is 6.92 Å². The van der Waals surface area contributed by atoms with Gasteiger partial charge in [-0.25, -0.2) is 0 Å². The van der Waals surface area contributed by atoms with E-state index in [1.54, 1.807) is 43.1 Å². The Labute approximate surface area is 198 Å². The van der Waals surface area contributed by atoms with Crippen molar-refractivity contribution in [3.63, 3.8) is 0 Å². The topological polar surface area (TPSA) is 98.7 Å². The number of para-hydroxylation sites is 1. The van der Waals surface area contributed by atoms with Gasteiger partial charge >= 0.3 is 0 Å². The van der Waals surface area contributed by atoms with Crippen molar-refractivity contribution in [3.05, 3.63) is 29.3 Å². The Kier molecular flexibility index (Phi) is 6.33. The van der Waals surface area contributed by atoms with Crippen molar-refractivity contribution in [2.75, 3.05) is 19.0 Å². The second kappa shape index (κ2) is 8.57. The summed E-state index contributed by atoms with van der Waals surface area (Å²) in [4.78, 5) is 41.7. The van der Waals surface area contributed by atoms with E-state index in [9.17, 15) is 19.5 Å². The highest BCUT2D eigenvalue weighted by Gasteiger charge is 2.76. The Bertz CT molecular complexity index is 916. The Hall–Kier alpha value is -1.29. The Balaban J connectivity index is 1.79. The minimum absolute atomic E-state index is 0.00798. The smallest absolute Gasteiger partial charge is 0.248 e. The maximum atomic E-state index is 13.7.